The van der Waals surface area contributed by atoms with Crippen molar-refractivity contribution in [2.24, 2.45) is 0 Å². The third-order valence-electron chi connectivity index (χ3n) is 1.32. The molecule has 1 aliphatic rings. The van der Waals surface area contributed by atoms with Crippen LogP contribution in [0.4, 0.5) is 0 Å². The molecule has 0 aromatic heterocycles. The zero-order valence-corrected chi connectivity index (χ0v) is 5.92. The van der Waals surface area contributed by atoms with Crippen LogP contribution in [0.2, 0.25) is 0 Å². The second-order valence-electron chi connectivity index (χ2n) is 1.96. The predicted molar refractivity (Wildman–Crippen MR) is 35.3 cm³/mol. The Morgan fingerprint density at radius 2 is 2.20 bits per heavy atom. The van der Waals surface area contributed by atoms with E-state index in [1.807, 2.05) is 6.92 Å². The summed E-state index contributed by atoms with van der Waals surface area (Å²) in [5.74, 6) is 1.02. The Hall–Kier alpha value is -0.990. The average molecular weight is 142 g/mol. The van der Waals surface area contributed by atoms with Gasteiger partial charge in [0.05, 0.1) is 0 Å². The zero-order valence-electron chi connectivity index (χ0n) is 5.92. The van der Waals surface area contributed by atoms with Crippen LogP contribution >= 0.6 is 0 Å². The Labute approximate surface area is 59.6 Å². The first-order valence-electron chi connectivity index (χ1n) is 3.32. The maximum absolute atomic E-state index is 10.3. The fourth-order valence-corrected chi connectivity index (χ4v) is 0.844. The van der Waals surface area contributed by atoms with E-state index in [1.165, 1.54) is 0 Å². The Morgan fingerprint density at radius 1 is 1.50 bits per heavy atom. The molecule has 10 heavy (non-hydrogen) atoms. The van der Waals surface area contributed by atoms with E-state index >= 15 is 0 Å². The quantitative estimate of drug-likeness (QED) is 0.536. The van der Waals surface area contributed by atoms with Crippen LogP contribution < -0.4 is 0 Å². The number of ether oxygens (including phenoxy) is 2. The third-order valence-corrected chi connectivity index (χ3v) is 1.32. The Bertz CT molecular complexity index is 160. The molecular formula is C7H10O3. The van der Waals surface area contributed by atoms with Crippen molar-refractivity contribution in [2.75, 3.05) is 13.2 Å². The molecule has 0 N–H and O–H groups in total. The summed E-state index contributed by atoms with van der Waals surface area (Å²) in [6.45, 7) is 2.96. The van der Waals surface area contributed by atoms with Gasteiger partial charge in [-0.05, 0) is 0 Å². The molecule has 1 aliphatic heterocycles. The minimum Gasteiger partial charge on any atom is -0.490 e. The summed E-state index contributed by atoms with van der Waals surface area (Å²) in [6, 6.07) is 0. The molecule has 0 aromatic rings. The highest BCUT2D eigenvalue weighted by molar-refractivity contribution is 5.71. The van der Waals surface area contributed by atoms with E-state index in [9.17, 15) is 4.79 Å². The SMILES string of the molecule is CCC1=C(C=O)OCCO1. The smallest absolute Gasteiger partial charge is 0.196 e. The summed E-state index contributed by atoms with van der Waals surface area (Å²) in [5.41, 5.74) is 0. The lowest BCUT2D eigenvalue weighted by Gasteiger charge is -2.17. The fourth-order valence-electron chi connectivity index (χ4n) is 0.844. The molecule has 0 unspecified atom stereocenters. The highest BCUT2D eigenvalue weighted by atomic mass is 16.6. The Morgan fingerprint density at radius 3 is 2.70 bits per heavy atom. The fraction of sp³-hybridized carbons (Fsp3) is 0.571. The van der Waals surface area contributed by atoms with Gasteiger partial charge in [0.25, 0.3) is 0 Å². The largest absolute Gasteiger partial charge is 0.490 e. The van der Waals surface area contributed by atoms with Gasteiger partial charge in [-0.3, -0.25) is 4.79 Å². The second kappa shape index (κ2) is 3.25. The molecule has 0 aromatic carbocycles. The zero-order chi connectivity index (χ0) is 7.40. The maximum atomic E-state index is 10.3. The van der Waals surface area contributed by atoms with Crippen LogP contribution in [0, 0.1) is 0 Å². The van der Waals surface area contributed by atoms with Crippen molar-refractivity contribution in [3.63, 3.8) is 0 Å². The van der Waals surface area contributed by atoms with E-state index in [4.69, 9.17) is 9.47 Å². The molecule has 1 rings (SSSR count). The van der Waals surface area contributed by atoms with Gasteiger partial charge in [0.2, 0.25) is 0 Å². The predicted octanol–water partition coefficient (Wildman–Crippen LogP) is 0.854. The lowest BCUT2D eigenvalue weighted by molar-refractivity contribution is -0.109. The molecule has 1 heterocycles. The molecule has 0 aliphatic carbocycles. The van der Waals surface area contributed by atoms with Crippen molar-refractivity contribution >= 4 is 6.29 Å². The van der Waals surface area contributed by atoms with E-state index in [0.29, 0.717) is 37.4 Å². The normalized spacial score (nSPS) is 17.7. The van der Waals surface area contributed by atoms with Crippen LogP contribution in [-0.2, 0) is 14.3 Å². The number of rotatable bonds is 2. The summed E-state index contributed by atoms with van der Waals surface area (Å²) in [7, 11) is 0. The minimum atomic E-state index is 0.355. The van der Waals surface area contributed by atoms with E-state index in [2.05, 4.69) is 0 Å². The summed E-state index contributed by atoms with van der Waals surface area (Å²) >= 11 is 0. The first-order chi connectivity index (χ1) is 4.88. The molecule has 3 nitrogen and oxygen atoms in total. The highest BCUT2D eigenvalue weighted by Crippen LogP contribution is 2.13. The van der Waals surface area contributed by atoms with Gasteiger partial charge in [-0.1, -0.05) is 6.92 Å². The molecule has 3 heteroatoms. The first-order valence-corrected chi connectivity index (χ1v) is 3.32. The van der Waals surface area contributed by atoms with Gasteiger partial charge in [0, 0.05) is 6.42 Å². The number of carbonyl (C=O) groups excluding carboxylic acids is 1. The lowest BCUT2D eigenvalue weighted by Crippen LogP contribution is -2.14. The van der Waals surface area contributed by atoms with Gasteiger partial charge < -0.3 is 9.47 Å². The van der Waals surface area contributed by atoms with Crippen LogP contribution in [0.3, 0.4) is 0 Å². The minimum absolute atomic E-state index is 0.355. The topological polar surface area (TPSA) is 35.5 Å². The van der Waals surface area contributed by atoms with Crippen molar-refractivity contribution in [3.05, 3.63) is 11.5 Å². The van der Waals surface area contributed by atoms with Gasteiger partial charge in [0.15, 0.2) is 12.0 Å². The van der Waals surface area contributed by atoms with Gasteiger partial charge >= 0.3 is 0 Å². The van der Waals surface area contributed by atoms with Crippen LogP contribution in [0.25, 0.3) is 0 Å². The van der Waals surface area contributed by atoms with Crippen molar-refractivity contribution in [1.82, 2.24) is 0 Å². The second-order valence-corrected chi connectivity index (χ2v) is 1.96. The van der Waals surface area contributed by atoms with Gasteiger partial charge in [-0.2, -0.15) is 0 Å². The number of aldehydes is 1. The summed E-state index contributed by atoms with van der Waals surface area (Å²) < 4.78 is 10.2. The van der Waals surface area contributed by atoms with Gasteiger partial charge in [0.1, 0.15) is 19.0 Å². The number of hydrogen-bond acceptors (Lipinski definition) is 3. The maximum Gasteiger partial charge on any atom is 0.196 e. The van der Waals surface area contributed by atoms with Crippen LogP contribution in [0.1, 0.15) is 13.3 Å². The molecular weight excluding hydrogens is 132 g/mol. The van der Waals surface area contributed by atoms with Crippen molar-refractivity contribution in [3.8, 4) is 0 Å². The number of hydrogen-bond donors (Lipinski definition) is 0. The van der Waals surface area contributed by atoms with Crippen LogP contribution in [0.5, 0.6) is 0 Å². The number of allylic oxidation sites excluding steroid dienone is 2. The van der Waals surface area contributed by atoms with Gasteiger partial charge in [-0.25, -0.2) is 0 Å². The lowest BCUT2D eigenvalue weighted by atomic mass is 10.3. The van der Waals surface area contributed by atoms with E-state index in [0.717, 1.165) is 0 Å². The average Bonchev–Trinajstić information content (AvgIpc) is 2.04. The number of carbonyl (C=O) groups is 1. The molecule has 0 saturated heterocycles. The molecule has 0 amide bonds. The van der Waals surface area contributed by atoms with Gasteiger partial charge in [-0.15, -0.1) is 0 Å². The van der Waals surface area contributed by atoms with Crippen LogP contribution in [-0.4, -0.2) is 19.5 Å². The Kier molecular flexibility index (Phi) is 2.31. The van der Waals surface area contributed by atoms with Crippen LogP contribution in [0.15, 0.2) is 11.5 Å². The highest BCUT2D eigenvalue weighted by Gasteiger charge is 2.11. The molecule has 0 atom stereocenters. The molecule has 0 bridgehead atoms. The molecule has 0 saturated carbocycles. The molecule has 0 fully saturated rings. The van der Waals surface area contributed by atoms with Crippen molar-refractivity contribution in [1.29, 1.82) is 0 Å². The van der Waals surface area contributed by atoms with E-state index in [1.54, 1.807) is 0 Å². The summed E-state index contributed by atoms with van der Waals surface area (Å²) in [5, 5.41) is 0. The molecule has 0 spiro atoms. The third kappa shape index (κ3) is 1.29. The van der Waals surface area contributed by atoms with E-state index < -0.39 is 0 Å². The summed E-state index contributed by atoms with van der Waals surface area (Å²) in [4.78, 5) is 10.3. The summed E-state index contributed by atoms with van der Waals surface area (Å²) in [6.07, 6.45) is 1.41. The molecule has 56 valence electrons. The Balaban J connectivity index is 2.72. The monoisotopic (exact) mass is 142 g/mol. The first kappa shape index (κ1) is 7.12. The standard InChI is InChI=1S/C7H10O3/c1-2-6-7(5-8)10-4-3-9-6/h5H,2-4H2,1H3. The van der Waals surface area contributed by atoms with Crippen molar-refractivity contribution in [2.45, 2.75) is 13.3 Å². The van der Waals surface area contributed by atoms with E-state index in [-0.39, 0.29) is 0 Å². The van der Waals surface area contributed by atoms with Crippen molar-refractivity contribution < 1.29 is 14.3 Å². The molecule has 0 radical (unpaired) electrons.